The topological polar surface area (TPSA) is 79.0 Å². The van der Waals surface area contributed by atoms with Crippen LogP contribution >= 0.6 is 23.2 Å². The number of esters is 1. The maximum atomic E-state index is 14.2. The number of hydrogen-bond acceptors (Lipinski definition) is 5. The quantitative estimate of drug-likeness (QED) is 0.258. The lowest BCUT2D eigenvalue weighted by atomic mass is 10.0. The van der Waals surface area contributed by atoms with Crippen molar-refractivity contribution in [2.45, 2.75) is 32.1 Å². The second-order valence-corrected chi connectivity index (χ2v) is 8.92. The van der Waals surface area contributed by atoms with Crippen molar-refractivity contribution in [3.05, 3.63) is 69.6 Å². The molecule has 0 N–H and O–H groups in total. The Kier molecular flexibility index (Phi) is 6.06. The first-order valence-electron chi connectivity index (χ1n) is 10.8. The Morgan fingerprint density at radius 1 is 1.34 bits per heavy atom. The molecule has 0 saturated heterocycles. The highest BCUT2D eigenvalue weighted by molar-refractivity contribution is 6.42. The van der Waals surface area contributed by atoms with E-state index >= 15 is 0 Å². The number of imidazole rings is 1. The molecule has 11 heteroatoms. The molecule has 0 radical (unpaired) electrons. The van der Waals surface area contributed by atoms with Gasteiger partial charge in [0.05, 0.1) is 40.8 Å². The van der Waals surface area contributed by atoms with E-state index in [0.717, 1.165) is 0 Å². The van der Waals surface area contributed by atoms with Gasteiger partial charge in [-0.1, -0.05) is 29.3 Å². The number of rotatable bonds is 6. The van der Waals surface area contributed by atoms with Crippen molar-refractivity contribution < 1.29 is 23.1 Å². The third-order valence-electron chi connectivity index (χ3n) is 5.96. The van der Waals surface area contributed by atoms with Crippen LogP contribution in [0.15, 0.2) is 36.8 Å². The smallest absolute Gasteiger partial charge is 0.337 e. The first kappa shape index (κ1) is 23.4. The molecule has 35 heavy (non-hydrogen) atoms. The summed E-state index contributed by atoms with van der Waals surface area (Å²) in [7, 11) is 0. The van der Waals surface area contributed by atoms with Crippen LogP contribution in [0.3, 0.4) is 0 Å². The zero-order chi connectivity index (χ0) is 24.9. The number of aldehydes is 1. The normalized spacial score (nSPS) is 15.9. The predicted octanol–water partition coefficient (Wildman–Crippen LogP) is 5.20. The maximum absolute atomic E-state index is 14.2. The Morgan fingerprint density at radius 3 is 2.86 bits per heavy atom. The third-order valence-corrected chi connectivity index (χ3v) is 6.66. The fraction of sp³-hybridized carbons (Fsp3) is 0.250. The van der Waals surface area contributed by atoms with Crippen LogP contribution in [0, 0.1) is 5.82 Å². The third kappa shape index (κ3) is 3.98. The molecule has 3 heterocycles. The van der Waals surface area contributed by atoms with E-state index in [-0.39, 0.29) is 40.7 Å². The zero-order valence-electron chi connectivity index (χ0n) is 18.3. The van der Waals surface area contributed by atoms with Crippen LogP contribution in [0.2, 0.25) is 10.0 Å². The summed E-state index contributed by atoms with van der Waals surface area (Å²) in [5, 5.41) is 5.44. The molecule has 2 atom stereocenters. The Morgan fingerprint density at radius 2 is 2.14 bits per heavy atom. The fourth-order valence-corrected chi connectivity index (χ4v) is 4.89. The van der Waals surface area contributed by atoms with Crippen LogP contribution in [-0.4, -0.2) is 44.4 Å². The van der Waals surface area contributed by atoms with Crippen LogP contribution < -0.4 is 0 Å². The lowest BCUT2D eigenvalue weighted by Crippen LogP contribution is -2.25. The number of ether oxygens (including phenoxy) is 1. The van der Waals surface area contributed by atoms with Gasteiger partial charge in [-0.25, -0.2) is 18.6 Å². The van der Waals surface area contributed by atoms with Gasteiger partial charge in [-0.2, -0.15) is 5.10 Å². The average molecular weight is 519 g/mol. The number of nitrogens with zero attached hydrogens (tertiary/aromatic N) is 4. The molecule has 0 saturated carbocycles. The highest BCUT2D eigenvalue weighted by Gasteiger charge is 2.35. The second kappa shape index (κ2) is 9.05. The molecule has 4 aromatic rings. The fourth-order valence-electron chi connectivity index (χ4n) is 4.34. The largest absolute Gasteiger partial charge is 0.464 e. The highest BCUT2D eigenvalue weighted by atomic mass is 35.5. The summed E-state index contributed by atoms with van der Waals surface area (Å²) < 4.78 is 36.6. The number of carbonyl (C=O) groups excluding carboxylic acids is 2. The van der Waals surface area contributed by atoms with Gasteiger partial charge in [0.25, 0.3) is 0 Å². The van der Waals surface area contributed by atoms with Gasteiger partial charge in [-0.05, 0) is 30.7 Å². The summed E-state index contributed by atoms with van der Waals surface area (Å²) in [6, 6.07) is 4.57. The predicted molar refractivity (Wildman–Crippen MR) is 126 cm³/mol. The highest BCUT2D eigenvalue weighted by Crippen LogP contribution is 2.39. The molecule has 1 aliphatic rings. The van der Waals surface area contributed by atoms with E-state index in [1.807, 2.05) is 0 Å². The zero-order valence-corrected chi connectivity index (χ0v) is 19.9. The van der Waals surface area contributed by atoms with Crippen LogP contribution in [-0.2, 0) is 22.5 Å². The molecule has 0 fully saturated rings. The molecular formula is C24H18Cl2F2N4O3. The summed E-state index contributed by atoms with van der Waals surface area (Å²) in [4.78, 5) is 28.3. The van der Waals surface area contributed by atoms with E-state index < -0.39 is 24.0 Å². The van der Waals surface area contributed by atoms with Crippen molar-refractivity contribution in [1.82, 2.24) is 19.3 Å². The summed E-state index contributed by atoms with van der Waals surface area (Å²) in [6.07, 6.45) is 2.53. The minimum atomic E-state index is -1.08. The second-order valence-electron chi connectivity index (χ2n) is 8.13. The van der Waals surface area contributed by atoms with Crippen molar-refractivity contribution in [2.24, 2.45) is 0 Å². The van der Waals surface area contributed by atoms with E-state index in [2.05, 4.69) is 10.1 Å². The summed E-state index contributed by atoms with van der Waals surface area (Å²) in [6.45, 7) is 1.98. The lowest BCUT2D eigenvalue weighted by molar-refractivity contribution is -0.146. The summed E-state index contributed by atoms with van der Waals surface area (Å²) in [5.74, 6) is -1.30. The SMILES string of the molecule is CCOC(=O)C(c1ncn2c1CC(F)C2)n1cc2c(Cl)cc(-c3ccc(C=O)c(F)c3)c(Cl)c2n1. The number of benzene rings is 2. The average Bonchev–Trinajstić information content (AvgIpc) is 3.52. The molecule has 0 amide bonds. The number of fused-ring (bicyclic) bond motifs is 2. The van der Waals surface area contributed by atoms with Crippen LogP contribution in [0.25, 0.3) is 22.0 Å². The Balaban J connectivity index is 1.65. The molecule has 0 spiro atoms. The minimum Gasteiger partial charge on any atom is -0.464 e. The standard InChI is InChI=1S/C24H18Cl2F2N4O3/c1-2-35-24(34)23(22-19-6-14(27)8-31(19)11-29-22)32-9-16-17(25)7-15(20(26)21(16)30-32)12-3-4-13(10-33)18(28)5-12/h3-5,7,9-11,14,23H,2,6,8H2,1H3. The van der Waals surface area contributed by atoms with Crippen molar-refractivity contribution >= 4 is 46.4 Å². The number of aromatic nitrogens is 4. The van der Waals surface area contributed by atoms with Crippen LogP contribution in [0.1, 0.15) is 34.7 Å². The molecule has 5 rings (SSSR count). The molecule has 0 aliphatic carbocycles. The van der Waals surface area contributed by atoms with Gasteiger partial charge in [0.15, 0.2) is 12.3 Å². The van der Waals surface area contributed by atoms with Crippen molar-refractivity contribution in [3.8, 4) is 11.1 Å². The molecular weight excluding hydrogens is 501 g/mol. The van der Waals surface area contributed by atoms with E-state index in [1.54, 1.807) is 29.8 Å². The van der Waals surface area contributed by atoms with Crippen LogP contribution in [0.5, 0.6) is 0 Å². The van der Waals surface area contributed by atoms with Crippen molar-refractivity contribution in [2.75, 3.05) is 6.61 Å². The monoisotopic (exact) mass is 518 g/mol. The van der Waals surface area contributed by atoms with Gasteiger partial charge >= 0.3 is 5.97 Å². The maximum Gasteiger partial charge on any atom is 0.337 e. The molecule has 0 bridgehead atoms. The van der Waals surface area contributed by atoms with Crippen LogP contribution in [0.4, 0.5) is 8.78 Å². The van der Waals surface area contributed by atoms with Gasteiger partial charge in [0.1, 0.15) is 17.5 Å². The van der Waals surface area contributed by atoms with Gasteiger partial charge in [0.2, 0.25) is 0 Å². The number of carbonyl (C=O) groups is 2. The van der Waals surface area contributed by atoms with E-state index in [9.17, 15) is 18.4 Å². The van der Waals surface area contributed by atoms with Crippen molar-refractivity contribution in [3.63, 3.8) is 0 Å². The van der Waals surface area contributed by atoms with Crippen molar-refractivity contribution in [1.29, 1.82) is 0 Å². The Labute approximate surface area is 208 Å². The van der Waals surface area contributed by atoms with Gasteiger partial charge in [-0.3, -0.25) is 9.48 Å². The molecule has 7 nitrogen and oxygen atoms in total. The Hall–Kier alpha value is -3.30. The molecule has 1 aliphatic heterocycles. The van der Waals surface area contributed by atoms with Gasteiger partial charge in [0, 0.05) is 29.3 Å². The first-order valence-corrected chi connectivity index (χ1v) is 11.5. The number of alkyl halides is 1. The number of hydrogen-bond donors (Lipinski definition) is 0. The number of halogens is 4. The molecule has 2 aromatic heterocycles. The lowest BCUT2D eigenvalue weighted by Gasteiger charge is -2.15. The Bertz CT molecular complexity index is 1480. The molecule has 180 valence electrons. The van der Waals surface area contributed by atoms with E-state index in [1.165, 1.54) is 23.1 Å². The van der Waals surface area contributed by atoms with E-state index in [0.29, 0.717) is 34.2 Å². The van der Waals surface area contributed by atoms with E-state index in [4.69, 9.17) is 27.9 Å². The summed E-state index contributed by atoms with van der Waals surface area (Å²) in [5.41, 5.74) is 1.94. The van der Waals surface area contributed by atoms with Gasteiger partial charge < -0.3 is 9.30 Å². The summed E-state index contributed by atoms with van der Waals surface area (Å²) >= 11 is 13.2. The molecule has 2 unspecified atom stereocenters. The van der Waals surface area contributed by atoms with Gasteiger partial charge in [-0.15, -0.1) is 0 Å². The molecule has 2 aromatic carbocycles. The minimum absolute atomic E-state index is 0.0817. The first-order chi connectivity index (χ1) is 16.8.